The van der Waals surface area contributed by atoms with E-state index in [9.17, 15) is 4.79 Å². The lowest BCUT2D eigenvalue weighted by Gasteiger charge is -2.15. The molecule has 0 fully saturated rings. The number of hydrogen-bond donors (Lipinski definition) is 0. The first-order chi connectivity index (χ1) is 9.19. The van der Waals surface area contributed by atoms with Crippen LogP contribution in [0.5, 0.6) is 0 Å². The fourth-order valence-corrected chi connectivity index (χ4v) is 2.65. The van der Waals surface area contributed by atoms with Crippen molar-refractivity contribution in [2.75, 3.05) is 4.90 Å². The van der Waals surface area contributed by atoms with Crippen LogP contribution in [0.25, 0.3) is 0 Å². The lowest BCUT2D eigenvalue weighted by molar-refractivity contribution is 0.0996. The number of halogens is 1. The summed E-state index contributed by atoms with van der Waals surface area (Å²) in [6, 6.07) is 14.8. The zero-order valence-electron chi connectivity index (χ0n) is 9.93. The summed E-state index contributed by atoms with van der Waals surface area (Å²) in [5.41, 5.74) is 3.05. The molecule has 3 rings (SSSR count). The molecule has 1 aliphatic rings. The van der Waals surface area contributed by atoms with Gasteiger partial charge in [0.2, 0.25) is 0 Å². The van der Waals surface area contributed by atoms with Crippen molar-refractivity contribution in [3.05, 3.63) is 63.6 Å². The molecule has 0 aliphatic carbocycles. The van der Waals surface area contributed by atoms with E-state index in [0.717, 1.165) is 21.3 Å². The first-order valence-corrected chi connectivity index (χ1v) is 6.59. The monoisotopic (exact) mass is 312 g/mol. The van der Waals surface area contributed by atoms with E-state index in [1.54, 1.807) is 23.1 Å². The van der Waals surface area contributed by atoms with Crippen molar-refractivity contribution < 1.29 is 4.79 Å². The maximum Gasteiger partial charge on any atom is 0.258 e. The topological polar surface area (TPSA) is 44.1 Å². The number of nitrogens with zero attached hydrogens (tertiary/aromatic N) is 2. The van der Waals surface area contributed by atoms with Crippen molar-refractivity contribution in [1.29, 1.82) is 5.26 Å². The first-order valence-electron chi connectivity index (χ1n) is 5.79. The average Bonchev–Trinajstić information content (AvgIpc) is 2.75. The molecule has 0 unspecified atom stereocenters. The van der Waals surface area contributed by atoms with Crippen LogP contribution in [0, 0.1) is 11.3 Å². The van der Waals surface area contributed by atoms with Crippen LogP contribution in [0.15, 0.2) is 46.9 Å². The van der Waals surface area contributed by atoms with Gasteiger partial charge in [0.15, 0.2) is 0 Å². The summed E-state index contributed by atoms with van der Waals surface area (Å²) in [5, 5.41) is 8.92. The van der Waals surface area contributed by atoms with Crippen LogP contribution in [-0.2, 0) is 6.54 Å². The van der Waals surface area contributed by atoms with Gasteiger partial charge in [-0.1, -0.05) is 22.0 Å². The van der Waals surface area contributed by atoms with E-state index in [-0.39, 0.29) is 5.91 Å². The Morgan fingerprint density at radius 3 is 2.84 bits per heavy atom. The molecule has 1 heterocycles. The lowest BCUT2D eigenvalue weighted by Crippen LogP contribution is -2.22. The van der Waals surface area contributed by atoms with Crippen LogP contribution < -0.4 is 4.90 Å². The smallest absolute Gasteiger partial charge is 0.258 e. The summed E-state index contributed by atoms with van der Waals surface area (Å²) in [4.78, 5) is 14.0. The van der Waals surface area contributed by atoms with E-state index in [0.29, 0.717) is 12.1 Å². The summed E-state index contributed by atoms with van der Waals surface area (Å²) < 4.78 is 0.965. The molecule has 0 saturated carbocycles. The molecule has 1 amide bonds. The Morgan fingerprint density at radius 2 is 2.05 bits per heavy atom. The average molecular weight is 313 g/mol. The number of rotatable bonds is 1. The van der Waals surface area contributed by atoms with Gasteiger partial charge in [0.1, 0.15) is 0 Å². The number of fused-ring (bicyclic) bond motifs is 1. The van der Waals surface area contributed by atoms with Crippen LogP contribution in [0.4, 0.5) is 5.69 Å². The Labute approximate surface area is 119 Å². The molecule has 4 heteroatoms. The molecule has 2 aromatic rings. The van der Waals surface area contributed by atoms with Gasteiger partial charge in [-0.15, -0.1) is 0 Å². The van der Waals surface area contributed by atoms with Crippen molar-refractivity contribution in [2.24, 2.45) is 0 Å². The van der Waals surface area contributed by atoms with Gasteiger partial charge >= 0.3 is 0 Å². The predicted octanol–water partition coefficient (Wildman–Crippen LogP) is 3.48. The minimum Gasteiger partial charge on any atom is -0.304 e. The van der Waals surface area contributed by atoms with Crippen LogP contribution in [0.3, 0.4) is 0 Å². The third-order valence-corrected chi connectivity index (χ3v) is 3.65. The van der Waals surface area contributed by atoms with Crippen LogP contribution in [0.1, 0.15) is 21.5 Å². The highest BCUT2D eigenvalue weighted by Gasteiger charge is 2.28. The minimum atomic E-state index is -0.0161. The van der Waals surface area contributed by atoms with E-state index < -0.39 is 0 Å². The molecule has 2 aromatic carbocycles. The summed E-state index contributed by atoms with van der Waals surface area (Å²) in [6.45, 7) is 0.544. The Bertz CT molecular complexity index is 718. The van der Waals surface area contributed by atoms with Crippen molar-refractivity contribution in [2.45, 2.75) is 6.54 Å². The predicted molar refractivity (Wildman–Crippen MR) is 75.8 cm³/mol. The van der Waals surface area contributed by atoms with Crippen LogP contribution in [0.2, 0.25) is 0 Å². The molecule has 0 bridgehead atoms. The van der Waals surface area contributed by atoms with Gasteiger partial charge in [-0.3, -0.25) is 4.79 Å². The SMILES string of the molecule is N#Cc1cccc(N2Cc3cc(Br)ccc3C2=O)c1. The van der Waals surface area contributed by atoms with Gasteiger partial charge in [-0.2, -0.15) is 5.26 Å². The van der Waals surface area contributed by atoms with Crippen LogP contribution >= 0.6 is 15.9 Å². The standard InChI is InChI=1S/C15H9BrN2O/c16-12-4-5-14-11(7-12)9-18(15(14)19)13-3-1-2-10(6-13)8-17/h1-7H,9H2. The summed E-state index contributed by atoms with van der Waals surface area (Å²) >= 11 is 3.41. The van der Waals surface area contributed by atoms with E-state index in [4.69, 9.17) is 5.26 Å². The maximum atomic E-state index is 12.3. The van der Waals surface area contributed by atoms with Crippen molar-refractivity contribution in [3.63, 3.8) is 0 Å². The summed E-state index contributed by atoms with van der Waals surface area (Å²) in [5.74, 6) is -0.0161. The van der Waals surface area contributed by atoms with Crippen LogP contribution in [-0.4, -0.2) is 5.91 Å². The third kappa shape index (κ3) is 2.02. The Hall–Kier alpha value is -2.12. The quantitative estimate of drug-likeness (QED) is 0.809. The minimum absolute atomic E-state index is 0.0161. The highest BCUT2D eigenvalue weighted by Crippen LogP contribution is 2.30. The fraction of sp³-hybridized carbons (Fsp3) is 0.0667. The number of carbonyl (C=O) groups is 1. The largest absolute Gasteiger partial charge is 0.304 e. The van der Waals surface area contributed by atoms with Gasteiger partial charge < -0.3 is 4.90 Å². The molecule has 0 radical (unpaired) electrons. The second kappa shape index (κ2) is 4.52. The van der Waals surface area contributed by atoms with E-state index in [2.05, 4.69) is 22.0 Å². The van der Waals surface area contributed by atoms with Gasteiger partial charge in [-0.25, -0.2) is 0 Å². The molecule has 0 N–H and O–H groups in total. The number of carbonyl (C=O) groups excluding carboxylic acids is 1. The zero-order valence-corrected chi connectivity index (χ0v) is 11.5. The van der Waals surface area contributed by atoms with Crippen molar-refractivity contribution in [1.82, 2.24) is 0 Å². The van der Waals surface area contributed by atoms with Gasteiger partial charge in [0, 0.05) is 15.7 Å². The summed E-state index contributed by atoms with van der Waals surface area (Å²) in [6.07, 6.45) is 0. The molecular weight excluding hydrogens is 304 g/mol. The van der Waals surface area contributed by atoms with Gasteiger partial charge in [0.25, 0.3) is 5.91 Å². The first kappa shape index (κ1) is 11.9. The number of benzene rings is 2. The Morgan fingerprint density at radius 1 is 1.21 bits per heavy atom. The highest BCUT2D eigenvalue weighted by molar-refractivity contribution is 9.10. The molecule has 3 nitrogen and oxygen atoms in total. The Kier molecular flexibility index (Phi) is 2.84. The van der Waals surface area contributed by atoms with E-state index in [1.165, 1.54) is 0 Å². The summed E-state index contributed by atoms with van der Waals surface area (Å²) in [7, 11) is 0. The lowest BCUT2D eigenvalue weighted by atomic mass is 10.1. The normalized spacial score (nSPS) is 13.3. The second-order valence-corrected chi connectivity index (χ2v) is 5.27. The van der Waals surface area contributed by atoms with Gasteiger partial charge in [0.05, 0.1) is 18.2 Å². The fourth-order valence-electron chi connectivity index (χ4n) is 2.24. The molecule has 1 aliphatic heterocycles. The second-order valence-electron chi connectivity index (χ2n) is 4.35. The zero-order chi connectivity index (χ0) is 13.4. The van der Waals surface area contributed by atoms with Crippen molar-refractivity contribution in [3.8, 4) is 6.07 Å². The highest BCUT2D eigenvalue weighted by atomic mass is 79.9. The molecule has 92 valence electrons. The molecular formula is C15H9BrN2O. The number of nitriles is 1. The molecule has 19 heavy (non-hydrogen) atoms. The molecule has 0 spiro atoms. The maximum absolute atomic E-state index is 12.3. The molecule has 0 atom stereocenters. The van der Waals surface area contributed by atoms with Crippen molar-refractivity contribution >= 4 is 27.5 Å². The van der Waals surface area contributed by atoms with E-state index >= 15 is 0 Å². The van der Waals surface area contributed by atoms with E-state index in [1.807, 2.05) is 24.3 Å². The molecule has 0 aromatic heterocycles. The number of hydrogen-bond acceptors (Lipinski definition) is 2. The Balaban J connectivity index is 2.01. The molecule has 0 saturated heterocycles. The number of amides is 1. The van der Waals surface area contributed by atoms with Gasteiger partial charge in [-0.05, 0) is 42.0 Å². The number of anilines is 1. The third-order valence-electron chi connectivity index (χ3n) is 3.16.